The summed E-state index contributed by atoms with van der Waals surface area (Å²) in [6, 6.07) is 10.0. The van der Waals surface area contributed by atoms with Crippen LogP contribution in [0.3, 0.4) is 0 Å². The van der Waals surface area contributed by atoms with Crippen LogP contribution in [0.2, 0.25) is 0 Å². The zero-order valence-electron chi connectivity index (χ0n) is 10.8. The van der Waals surface area contributed by atoms with Gasteiger partial charge in [0.1, 0.15) is 0 Å². The van der Waals surface area contributed by atoms with Crippen molar-refractivity contribution in [2.24, 2.45) is 5.92 Å². The molecule has 1 aromatic rings. The van der Waals surface area contributed by atoms with Crippen LogP contribution in [-0.2, 0) is 0 Å². The predicted octanol–water partition coefficient (Wildman–Crippen LogP) is 3.87. The van der Waals surface area contributed by atoms with Gasteiger partial charge in [0, 0.05) is 12.1 Å². The molecule has 3 atom stereocenters. The first-order valence-electron chi connectivity index (χ1n) is 6.44. The van der Waals surface area contributed by atoms with Crippen molar-refractivity contribution in [3.8, 4) is 0 Å². The highest BCUT2D eigenvalue weighted by molar-refractivity contribution is 5.37. The molecule has 2 rings (SSSR count). The number of hydrogen-bond acceptors (Lipinski definition) is 1. The van der Waals surface area contributed by atoms with Gasteiger partial charge >= 0.3 is 0 Å². The maximum Gasteiger partial charge on any atom is 0.0331 e. The van der Waals surface area contributed by atoms with Gasteiger partial charge in [-0.25, -0.2) is 0 Å². The van der Waals surface area contributed by atoms with Gasteiger partial charge < -0.3 is 5.32 Å². The summed E-state index contributed by atoms with van der Waals surface area (Å²) in [7, 11) is 0. The number of rotatable bonds is 3. The Morgan fingerprint density at radius 1 is 1.12 bits per heavy atom. The Balaban J connectivity index is 2.15. The highest BCUT2D eigenvalue weighted by Crippen LogP contribution is 2.40. The van der Waals surface area contributed by atoms with Crippen LogP contribution in [0.25, 0.3) is 0 Å². The van der Waals surface area contributed by atoms with Crippen LogP contribution in [-0.4, -0.2) is 6.04 Å². The van der Waals surface area contributed by atoms with Crippen molar-refractivity contribution in [2.45, 2.75) is 52.1 Å². The topological polar surface area (TPSA) is 12.0 Å². The van der Waals surface area contributed by atoms with Gasteiger partial charge in [-0.2, -0.15) is 0 Å². The first-order chi connectivity index (χ1) is 7.59. The molecule has 0 saturated carbocycles. The minimum Gasteiger partial charge on any atom is -0.307 e. The fourth-order valence-electron chi connectivity index (χ4n) is 2.55. The van der Waals surface area contributed by atoms with E-state index < -0.39 is 0 Å². The van der Waals surface area contributed by atoms with E-state index in [0.717, 1.165) is 0 Å². The normalized spacial score (nSPS) is 25.8. The summed E-state index contributed by atoms with van der Waals surface area (Å²) in [5, 5.41) is 3.76. The smallest absolute Gasteiger partial charge is 0.0331 e. The molecule has 88 valence electrons. The molecular weight excluding hydrogens is 194 g/mol. The number of fused-ring (bicyclic) bond motifs is 1. The zero-order chi connectivity index (χ0) is 11.7. The van der Waals surface area contributed by atoms with Crippen molar-refractivity contribution in [1.82, 2.24) is 5.32 Å². The van der Waals surface area contributed by atoms with E-state index in [1.54, 1.807) is 0 Å². The summed E-state index contributed by atoms with van der Waals surface area (Å²) in [6.07, 6.45) is 1.25. The molecule has 1 N–H and O–H groups in total. The quantitative estimate of drug-likeness (QED) is 0.810. The lowest BCUT2D eigenvalue weighted by atomic mass is 10.0. The second-order valence-electron chi connectivity index (χ2n) is 5.52. The lowest BCUT2D eigenvalue weighted by Crippen LogP contribution is -2.33. The Morgan fingerprint density at radius 2 is 1.75 bits per heavy atom. The van der Waals surface area contributed by atoms with Gasteiger partial charge in [0.15, 0.2) is 0 Å². The van der Waals surface area contributed by atoms with Crippen molar-refractivity contribution in [3.63, 3.8) is 0 Å². The van der Waals surface area contributed by atoms with E-state index in [-0.39, 0.29) is 0 Å². The second-order valence-corrected chi connectivity index (χ2v) is 5.52. The highest BCUT2D eigenvalue weighted by Gasteiger charge is 2.28. The Kier molecular flexibility index (Phi) is 3.34. The van der Waals surface area contributed by atoms with E-state index >= 15 is 0 Å². The fraction of sp³-hybridized carbons (Fsp3) is 0.600. The molecule has 1 aliphatic carbocycles. The maximum atomic E-state index is 3.76. The van der Waals surface area contributed by atoms with Crippen LogP contribution in [0.1, 0.15) is 57.2 Å². The molecule has 0 saturated heterocycles. The third kappa shape index (κ3) is 2.15. The Labute approximate surface area is 99.3 Å². The maximum absolute atomic E-state index is 3.76. The minimum atomic E-state index is 0.559. The molecule has 0 fully saturated rings. The van der Waals surface area contributed by atoms with Crippen LogP contribution in [0.15, 0.2) is 24.3 Å². The molecule has 1 aliphatic rings. The van der Waals surface area contributed by atoms with E-state index in [9.17, 15) is 0 Å². The summed E-state index contributed by atoms with van der Waals surface area (Å²) < 4.78 is 0. The SMILES string of the molecule is CC1CC(NC(C)C(C)C)c2ccccc21. The van der Waals surface area contributed by atoms with E-state index in [1.807, 2.05) is 0 Å². The first-order valence-corrected chi connectivity index (χ1v) is 6.44. The minimum absolute atomic E-state index is 0.559. The van der Waals surface area contributed by atoms with Crippen molar-refractivity contribution >= 4 is 0 Å². The Hall–Kier alpha value is -0.820. The number of benzene rings is 1. The molecule has 0 bridgehead atoms. The Morgan fingerprint density at radius 3 is 2.38 bits per heavy atom. The van der Waals surface area contributed by atoms with Gasteiger partial charge in [-0.3, -0.25) is 0 Å². The van der Waals surface area contributed by atoms with Gasteiger partial charge in [0.05, 0.1) is 0 Å². The fourth-order valence-corrected chi connectivity index (χ4v) is 2.55. The van der Waals surface area contributed by atoms with Crippen LogP contribution >= 0.6 is 0 Å². The molecule has 1 heteroatoms. The van der Waals surface area contributed by atoms with E-state index in [2.05, 4.69) is 57.3 Å². The first kappa shape index (κ1) is 11.7. The molecule has 0 aromatic heterocycles. The standard InChI is InChI=1S/C15H23N/c1-10(2)12(4)16-15-9-11(3)13-7-5-6-8-14(13)15/h5-8,10-12,15-16H,9H2,1-4H3. The largest absolute Gasteiger partial charge is 0.307 e. The zero-order valence-corrected chi connectivity index (χ0v) is 10.8. The lowest BCUT2D eigenvalue weighted by Gasteiger charge is -2.23. The third-order valence-electron chi connectivity index (χ3n) is 3.96. The average Bonchev–Trinajstić information content (AvgIpc) is 2.57. The molecule has 1 nitrogen and oxygen atoms in total. The Bertz CT molecular complexity index is 356. The van der Waals surface area contributed by atoms with Crippen LogP contribution < -0.4 is 5.32 Å². The predicted molar refractivity (Wildman–Crippen MR) is 69.7 cm³/mol. The van der Waals surface area contributed by atoms with Crippen molar-refractivity contribution in [1.29, 1.82) is 0 Å². The van der Waals surface area contributed by atoms with E-state index in [1.165, 1.54) is 17.5 Å². The van der Waals surface area contributed by atoms with Crippen molar-refractivity contribution in [3.05, 3.63) is 35.4 Å². The molecule has 0 amide bonds. The monoisotopic (exact) mass is 217 g/mol. The summed E-state index contributed by atoms with van der Waals surface area (Å²) in [5.74, 6) is 1.40. The molecule has 0 spiro atoms. The van der Waals surface area contributed by atoms with Crippen molar-refractivity contribution < 1.29 is 0 Å². The third-order valence-corrected chi connectivity index (χ3v) is 3.96. The van der Waals surface area contributed by atoms with Gasteiger partial charge in [-0.15, -0.1) is 0 Å². The molecular formula is C15H23N. The van der Waals surface area contributed by atoms with E-state index in [4.69, 9.17) is 0 Å². The summed E-state index contributed by atoms with van der Waals surface area (Å²) in [5.41, 5.74) is 3.05. The molecule has 0 aliphatic heterocycles. The number of hydrogen-bond donors (Lipinski definition) is 1. The molecule has 0 radical (unpaired) electrons. The van der Waals surface area contributed by atoms with Gasteiger partial charge in [-0.1, -0.05) is 45.0 Å². The number of nitrogens with one attached hydrogen (secondary N) is 1. The van der Waals surface area contributed by atoms with Gasteiger partial charge in [-0.05, 0) is 36.3 Å². The average molecular weight is 217 g/mol. The summed E-state index contributed by atoms with van der Waals surface area (Å²) in [6.45, 7) is 9.18. The molecule has 1 aromatic carbocycles. The van der Waals surface area contributed by atoms with Gasteiger partial charge in [0.25, 0.3) is 0 Å². The van der Waals surface area contributed by atoms with Crippen LogP contribution in [0, 0.1) is 5.92 Å². The van der Waals surface area contributed by atoms with Crippen molar-refractivity contribution in [2.75, 3.05) is 0 Å². The lowest BCUT2D eigenvalue weighted by molar-refractivity contribution is 0.368. The second kappa shape index (κ2) is 4.58. The van der Waals surface area contributed by atoms with Crippen LogP contribution in [0.5, 0.6) is 0 Å². The highest BCUT2D eigenvalue weighted by atomic mass is 15.0. The molecule has 16 heavy (non-hydrogen) atoms. The molecule has 3 unspecified atom stereocenters. The summed E-state index contributed by atoms with van der Waals surface area (Å²) in [4.78, 5) is 0. The van der Waals surface area contributed by atoms with E-state index in [0.29, 0.717) is 23.9 Å². The molecule has 0 heterocycles. The van der Waals surface area contributed by atoms with Crippen LogP contribution in [0.4, 0.5) is 0 Å². The summed E-state index contributed by atoms with van der Waals surface area (Å²) >= 11 is 0. The van der Waals surface area contributed by atoms with Gasteiger partial charge in [0.2, 0.25) is 0 Å².